The molecule has 0 aliphatic carbocycles. The van der Waals surface area contributed by atoms with E-state index in [1.165, 1.54) is 0 Å². The third kappa shape index (κ3) is 1.62. The molecule has 0 aliphatic heterocycles. The molecule has 0 spiro atoms. The Labute approximate surface area is 106 Å². The minimum atomic E-state index is 0.945. The lowest BCUT2D eigenvalue weighted by molar-refractivity contribution is 0.963. The Morgan fingerprint density at radius 1 is 1.00 bits per heavy atom. The summed E-state index contributed by atoms with van der Waals surface area (Å²) in [7, 11) is 3.99. The first-order valence-corrected chi connectivity index (χ1v) is 5.83. The van der Waals surface area contributed by atoms with Crippen molar-refractivity contribution in [2.75, 3.05) is 19.0 Å². The first kappa shape index (κ1) is 10.8. The van der Waals surface area contributed by atoms with E-state index in [2.05, 4.69) is 22.2 Å². The van der Waals surface area contributed by atoms with Crippen molar-refractivity contribution in [3.05, 3.63) is 48.8 Å². The Hall–Kier alpha value is -2.36. The second-order valence-electron chi connectivity index (χ2n) is 4.35. The van der Waals surface area contributed by atoms with Crippen molar-refractivity contribution >= 4 is 11.3 Å². The molecule has 3 rings (SSSR count). The van der Waals surface area contributed by atoms with E-state index in [4.69, 9.17) is 0 Å². The molecular formula is C14H14N4. The van der Waals surface area contributed by atoms with Gasteiger partial charge in [-0.3, -0.25) is 0 Å². The number of rotatable bonds is 2. The van der Waals surface area contributed by atoms with Crippen LogP contribution in [0.2, 0.25) is 0 Å². The van der Waals surface area contributed by atoms with Crippen molar-refractivity contribution in [1.29, 1.82) is 0 Å². The molecule has 3 aromatic rings. The van der Waals surface area contributed by atoms with Gasteiger partial charge in [0.15, 0.2) is 0 Å². The van der Waals surface area contributed by atoms with Crippen LogP contribution in [0.4, 0.5) is 5.82 Å². The van der Waals surface area contributed by atoms with Gasteiger partial charge in [-0.2, -0.15) is 5.10 Å². The van der Waals surface area contributed by atoms with Crippen LogP contribution in [0, 0.1) is 0 Å². The first-order valence-electron chi connectivity index (χ1n) is 5.83. The van der Waals surface area contributed by atoms with Crippen LogP contribution < -0.4 is 4.90 Å². The number of hydrogen-bond donors (Lipinski definition) is 0. The van der Waals surface area contributed by atoms with E-state index in [0.717, 1.165) is 22.6 Å². The molecule has 0 N–H and O–H groups in total. The van der Waals surface area contributed by atoms with E-state index < -0.39 is 0 Å². The highest BCUT2D eigenvalue weighted by atomic mass is 15.2. The Balaban J connectivity index is 2.29. The van der Waals surface area contributed by atoms with Crippen molar-refractivity contribution in [1.82, 2.24) is 14.6 Å². The third-order valence-corrected chi connectivity index (χ3v) is 2.91. The van der Waals surface area contributed by atoms with Crippen LogP contribution in [0.5, 0.6) is 0 Å². The average Bonchev–Trinajstić information content (AvgIpc) is 2.86. The molecule has 0 radical (unpaired) electrons. The quantitative estimate of drug-likeness (QED) is 0.687. The van der Waals surface area contributed by atoms with Gasteiger partial charge in [0.05, 0.1) is 17.4 Å². The zero-order valence-electron chi connectivity index (χ0n) is 10.4. The number of pyridine rings is 2. The van der Waals surface area contributed by atoms with Gasteiger partial charge in [-0.1, -0.05) is 6.07 Å². The SMILES string of the molecule is CN(C)c1ncccc1-c1cccc2ccnn12. The fraction of sp³-hybridized carbons (Fsp3) is 0.143. The summed E-state index contributed by atoms with van der Waals surface area (Å²) in [6.45, 7) is 0. The Morgan fingerprint density at radius 2 is 1.89 bits per heavy atom. The summed E-state index contributed by atoms with van der Waals surface area (Å²) < 4.78 is 1.93. The maximum Gasteiger partial charge on any atom is 0.137 e. The predicted octanol–water partition coefficient (Wildman–Crippen LogP) is 2.46. The molecule has 0 bridgehead atoms. The van der Waals surface area contributed by atoms with E-state index in [0.29, 0.717) is 0 Å². The molecule has 90 valence electrons. The average molecular weight is 238 g/mol. The molecule has 3 aromatic heterocycles. The van der Waals surface area contributed by atoms with Gasteiger partial charge in [0.1, 0.15) is 5.82 Å². The van der Waals surface area contributed by atoms with Crippen molar-refractivity contribution in [2.45, 2.75) is 0 Å². The topological polar surface area (TPSA) is 33.4 Å². The Bertz CT molecular complexity index is 685. The van der Waals surface area contributed by atoms with Crippen LogP contribution in [-0.4, -0.2) is 28.7 Å². The van der Waals surface area contributed by atoms with Crippen LogP contribution in [0.15, 0.2) is 48.8 Å². The molecule has 0 aromatic carbocycles. The zero-order valence-corrected chi connectivity index (χ0v) is 10.4. The van der Waals surface area contributed by atoms with Gasteiger partial charge in [0, 0.05) is 25.9 Å². The fourth-order valence-electron chi connectivity index (χ4n) is 2.11. The number of anilines is 1. The number of fused-ring (bicyclic) bond motifs is 1. The van der Waals surface area contributed by atoms with Gasteiger partial charge in [0.2, 0.25) is 0 Å². The molecule has 4 heteroatoms. The van der Waals surface area contributed by atoms with Gasteiger partial charge >= 0.3 is 0 Å². The highest BCUT2D eigenvalue weighted by Crippen LogP contribution is 2.27. The molecule has 18 heavy (non-hydrogen) atoms. The predicted molar refractivity (Wildman–Crippen MR) is 72.8 cm³/mol. The minimum Gasteiger partial charge on any atom is -0.362 e. The van der Waals surface area contributed by atoms with Crippen molar-refractivity contribution in [3.8, 4) is 11.3 Å². The maximum atomic E-state index is 4.43. The van der Waals surface area contributed by atoms with Gasteiger partial charge < -0.3 is 4.90 Å². The summed E-state index contributed by atoms with van der Waals surface area (Å²) in [6.07, 6.45) is 3.62. The lowest BCUT2D eigenvalue weighted by Gasteiger charge is -2.16. The smallest absolute Gasteiger partial charge is 0.137 e. The fourth-order valence-corrected chi connectivity index (χ4v) is 2.11. The second kappa shape index (κ2) is 4.14. The Kier molecular flexibility index (Phi) is 2.48. The molecule has 0 amide bonds. The van der Waals surface area contributed by atoms with E-state index in [1.54, 1.807) is 0 Å². The van der Waals surface area contributed by atoms with Crippen LogP contribution in [0.25, 0.3) is 16.8 Å². The van der Waals surface area contributed by atoms with Gasteiger partial charge in [-0.25, -0.2) is 9.50 Å². The normalized spacial score (nSPS) is 10.8. The van der Waals surface area contributed by atoms with Crippen LogP contribution in [0.1, 0.15) is 0 Å². The maximum absolute atomic E-state index is 4.43. The van der Waals surface area contributed by atoms with E-state index >= 15 is 0 Å². The number of aromatic nitrogens is 3. The standard InChI is InChI=1S/C14H14N4/c1-17(2)14-12(6-4-9-15-14)13-7-3-5-11-8-10-16-18(11)13/h3-10H,1-2H3. The number of nitrogens with zero attached hydrogens (tertiary/aromatic N) is 4. The minimum absolute atomic E-state index is 0.945. The molecule has 0 saturated heterocycles. The summed E-state index contributed by atoms with van der Waals surface area (Å²) in [5, 5.41) is 4.37. The summed E-state index contributed by atoms with van der Waals surface area (Å²) in [6, 6.07) is 12.2. The third-order valence-electron chi connectivity index (χ3n) is 2.91. The van der Waals surface area contributed by atoms with E-state index in [1.807, 2.05) is 60.2 Å². The zero-order chi connectivity index (χ0) is 12.5. The van der Waals surface area contributed by atoms with Gasteiger partial charge in [-0.05, 0) is 30.3 Å². The molecule has 3 heterocycles. The highest BCUT2D eigenvalue weighted by molar-refractivity contribution is 5.74. The van der Waals surface area contributed by atoms with Gasteiger partial charge in [0.25, 0.3) is 0 Å². The first-order chi connectivity index (χ1) is 8.77. The van der Waals surface area contributed by atoms with E-state index in [-0.39, 0.29) is 0 Å². The lowest BCUT2D eigenvalue weighted by atomic mass is 10.1. The molecule has 0 aliphatic rings. The molecule has 4 nitrogen and oxygen atoms in total. The molecule has 0 unspecified atom stereocenters. The summed E-state index contributed by atoms with van der Waals surface area (Å²) in [5.41, 5.74) is 3.21. The van der Waals surface area contributed by atoms with E-state index in [9.17, 15) is 0 Å². The molecule has 0 fully saturated rings. The van der Waals surface area contributed by atoms with Crippen LogP contribution in [0.3, 0.4) is 0 Å². The molecular weight excluding hydrogens is 224 g/mol. The largest absolute Gasteiger partial charge is 0.362 e. The molecule has 0 saturated carbocycles. The van der Waals surface area contributed by atoms with Crippen molar-refractivity contribution < 1.29 is 0 Å². The summed E-state index contributed by atoms with van der Waals surface area (Å²) in [5.74, 6) is 0.945. The summed E-state index contributed by atoms with van der Waals surface area (Å²) >= 11 is 0. The van der Waals surface area contributed by atoms with Crippen molar-refractivity contribution in [2.24, 2.45) is 0 Å². The molecule has 0 atom stereocenters. The van der Waals surface area contributed by atoms with Crippen molar-refractivity contribution in [3.63, 3.8) is 0 Å². The highest BCUT2D eigenvalue weighted by Gasteiger charge is 2.10. The van der Waals surface area contributed by atoms with Gasteiger partial charge in [-0.15, -0.1) is 0 Å². The van der Waals surface area contributed by atoms with Crippen LogP contribution >= 0.6 is 0 Å². The van der Waals surface area contributed by atoms with Crippen LogP contribution in [-0.2, 0) is 0 Å². The second-order valence-corrected chi connectivity index (χ2v) is 4.35. The number of hydrogen-bond acceptors (Lipinski definition) is 3. The Morgan fingerprint density at radius 3 is 2.72 bits per heavy atom. The summed E-state index contributed by atoms with van der Waals surface area (Å²) in [4.78, 5) is 6.44. The lowest BCUT2D eigenvalue weighted by Crippen LogP contribution is -2.12. The monoisotopic (exact) mass is 238 g/mol.